The van der Waals surface area contributed by atoms with E-state index >= 15 is 0 Å². The Balaban J connectivity index is 1.80. The summed E-state index contributed by atoms with van der Waals surface area (Å²) < 4.78 is 14.6. The zero-order chi connectivity index (χ0) is 23.3. The summed E-state index contributed by atoms with van der Waals surface area (Å²) >= 11 is 6.31. The van der Waals surface area contributed by atoms with Crippen LogP contribution in [-0.2, 0) is 10.3 Å². The molecule has 1 aromatic carbocycles. The number of hydrogen-bond donors (Lipinski definition) is 0. The van der Waals surface area contributed by atoms with E-state index in [2.05, 4.69) is 21.2 Å². The Kier molecular flexibility index (Phi) is 5.22. The number of methoxy groups -OCH3 is 1. The van der Waals surface area contributed by atoms with Crippen LogP contribution in [0.25, 0.3) is 28.1 Å². The molecule has 5 rings (SSSR count). The number of nitrogens with zero attached hydrogens (tertiary/aromatic N) is 6. The molecule has 0 amide bonds. The van der Waals surface area contributed by atoms with E-state index in [1.165, 1.54) is 0 Å². The second kappa shape index (κ2) is 7.97. The Bertz CT molecular complexity index is 1470. The molecule has 0 bridgehead atoms. The molecule has 9 nitrogen and oxygen atoms in total. The van der Waals surface area contributed by atoms with Gasteiger partial charge in [-0.05, 0) is 51.2 Å². The summed E-state index contributed by atoms with van der Waals surface area (Å²) in [5.41, 5.74) is 1.15. The predicted molar refractivity (Wildman–Crippen MR) is 122 cm³/mol. The summed E-state index contributed by atoms with van der Waals surface area (Å²) in [5.74, 6) is 0.637. The summed E-state index contributed by atoms with van der Waals surface area (Å²) in [7, 11) is 1.65. The third-order valence-corrected chi connectivity index (χ3v) is 7.08. The second-order valence-corrected chi connectivity index (χ2v) is 8.88. The van der Waals surface area contributed by atoms with E-state index in [1.54, 1.807) is 34.5 Å². The van der Waals surface area contributed by atoms with Crippen molar-refractivity contribution in [1.29, 1.82) is 5.26 Å². The molecule has 170 valence electrons. The van der Waals surface area contributed by atoms with Crippen LogP contribution < -0.4 is 5.56 Å². The van der Waals surface area contributed by atoms with Crippen LogP contribution in [0.1, 0.15) is 63.4 Å². The van der Waals surface area contributed by atoms with Gasteiger partial charge in [0, 0.05) is 13.2 Å². The monoisotopic (exact) mass is 466 g/mol. The highest BCUT2D eigenvalue weighted by Gasteiger charge is 2.41. The predicted octanol–water partition coefficient (Wildman–Crippen LogP) is 4.61. The number of halogens is 1. The summed E-state index contributed by atoms with van der Waals surface area (Å²) in [6.07, 6.45) is 5.88. The van der Waals surface area contributed by atoms with Crippen molar-refractivity contribution in [2.75, 3.05) is 7.11 Å². The molecular formula is C23H23ClN6O3. The number of rotatable bonds is 5. The fourth-order valence-corrected chi connectivity index (χ4v) is 4.97. The first kappa shape index (κ1) is 21.6. The van der Waals surface area contributed by atoms with Crippen LogP contribution in [0.15, 0.2) is 27.8 Å². The Morgan fingerprint density at radius 1 is 1.33 bits per heavy atom. The minimum atomic E-state index is -0.594. The van der Waals surface area contributed by atoms with E-state index in [4.69, 9.17) is 20.9 Å². The number of nitriles is 1. The largest absolute Gasteiger partial charge is 0.368 e. The van der Waals surface area contributed by atoms with Crippen LogP contribution in [0.5, 0.6) is 0 Å². The minimum Gasteiger partial charge on any atom is -0.368 e. The molecule has 1 atom stereocenters. The molecule has 33 heavy (non-hydrogen) atoms. The standard InChI is InChI=1S/C23H23ClN6O3/c1-4-13(2)30-18-14(11-25)15(24)7-8-16(18)29-12-26-17(19(29)21(30)31)20-27-22(33-28-20)23(32-3)9-5-6-10-23/h7-8,12-13H,4-6,9-10H2,1-3H3. The van der Waals surface area contributed by atoms with Crippen molar-refractivity contribution in [2.45, 2.75) is 57.6 Å². The third kappa shape index (κ3) is 3.09. The highest BCUT2D eigenvalue weighted by molar-refractivity contribution is 6.32. The Hall–Kier alpha value is -3.22. The smallest absolute Gasteiger partial charge is 0.278 e. The molecule has 0 radical (unpaired) electrons. The van der Waals surface area contributed by atoms with Crippen molar-refractivity contribution in [2.24, 2.45) is 0 Å². The first-order chi connectivity index (χ1) is 16.0. The van der Waals surface area contributed by atoms with E-state index in [0.717, 1.165) is 25.7 Å². The zero-order valence-electron chi connectivity index (χ0n) is 18.6. The van der Waals surface area contributed by atoms with Gasteiger partial charge in [-0.15, -0.1) is 0 Å². The molecule has 1 unspecified atom stereocenters. The van der Waals surface area contributed by atoms with Gasteiger partial charge in [-0.1, -0.05) is 23.7 Å². The lowest BCUT2D eigenvalue weighted by molar-refractivity contribution is -0.0342. The number of aromatic nitrogens is 5. The summed E-state index contributed by atoms with van der Waals surface area (Å²) in [6, 6.07) is 5.42. The molecule has 4 aromatic rings. The lowest BCUT2D eigenvalue weighted by Gasteiger charge is -2.22. The van der Waals surface area contributed by atoms with Gasteiger partial charge < -0.3 is 13.8 Å². The molecule has 3 heterocycles. The average molecular weight is 467 g/mol. The molecule has 0 saturated heterocycles. The molecule has 10 heteroatoms. The normalized spacial score (nSPS) is 16.5. The fourth-order valence-electron chi connectivity index (χ4n) is 4.77. The molecule has 0 N–H and O–H groups in total. The maximum atomic E-state index is 13.8. The second-order valence-electron chi connectivity index (χ2n) is 8.47. The van der Waals surface area contributed by atoms with Gasteiger partial charge in [0.2, 0.25) is 5.82 Å². The fraction of sp³-hybridized carbons (Fsp3) is 0.435. The Morgan fingerprint density at radius 3 is 2.76 bits per heavy atom. The third-order valence-electron chi connectivity index (χ3n) is 6.77. The molecule has 0 spiro atoms. The van der Waals surface area contributed by atoms with Gasteiger partial charge in [0.1, 0.15) is 29.2 Å². The van der Waals surface area contributed by atoms with Crippen molar-refractivity contribution in [3.05, 3.63) is 45.3 Å². The van der Waals surface area contributed by atoms with Crippen molar-refractivity contribution in [3.8, 4) is 17.6 Å². The van der Waals surface area contributed by atoms with Gasteiger partial charge in [0.25, 0.3) is 11.4 Å². The first-order valence-electron chi connectivity index (χ1n) is 11.0. The summed E-state index contributed by atoms with van der Waals surface area (Å²) in [4.78, 5) is 22.9. The quantitative estimate of drug-likeness (QED) is 0.422. The lowest BCUT2D eigenvalue weighted by atomic mass is 10.0. The Morgan fingerprint density at radius 2 is 2.09 bits per heavy atom. The maximum absolute atomic E-state index is 13.8. The van der Waals surface area contributed by atoms with Crippen LogP contribution in [0.3, 0.4) is 0 Å². The number of hydrogen-bond acceptors (Lipinski definition) is 7. The molecule has 1 aliphatic carbocycles. The van der Waals surface area contributed by atoms with Crippen LogP contribution in [0.2, 0.25) is 5.02 Å². The van der Waals surface area contributed by atoms with Gasteiger partial charge in [-0.25, -0.2) is 4.98 Å². The summed E-state index contributed by atoms with van der Waals surface area (Å²) in [6.45, 7) is 3.92. The molecular weight excluding hydrogens is 444 g/mol. The molecule has 3 aromatic heterocycles. The van der Waals surface area contributed by atoms with Crippen LogP contribution >= 0.6 is 11.6 Å². The van der Waals surface area contributed by atoms with E-state index in [1.807, 2.05) is 13.8 Å². The molecule has 1 saturated carbocycles. The number of ether oxygens (including phenoxy) is 1. The van der Waals surface area contributed by atoms with Crippen molar-refractivity contribution >= 4 is 28.2 Å². The number of imidazole rings is 1. The van der Waals surface area contributed by atoms with Gasteiger partial charge in [-0.2, -0.15) is 10.2 Å². The average Bonchev–Trinajstić information content (AvgIpc) is 3.58. The van der Waals surface area contributed by atoms with E-state index in [0.29, 0.717) is 39.6 Å². The molecule has 0 aliphatic heterocycles. The molecule has 1 aliphatic rings. The topological polar surface area (TPSA) is 111 Å². The van der Waals surface area contributed by atoms with Gasteiger partial charge in [0.15, 0.2) is 0 Å². The highest BCUT2D eigenvalue weighted by Crippen LogP contribution is 2.41. The van der Waals surface area contributed by atoms with Crippen LogP contribution in [-0.4, -0.2) is 31.2 Å². The van der Waals surface area contributed by atoms with E-state index in [9.17, 15) is 10.1 Å². The lowest BCUT2D eigenvalue weighted by Crippen LogP contribution is -2.26. The number of fused-ring (bicyclic) bond motifs is 3. The highest BCUT2D eigenvalue weighted by atomic mass is 35.5. The first-order valence-corrected chi connectivity index (χ1v) is 11.4. The van der Waals surface area contributed by atoms with Gasteiger partial charge >= 0.3 is 0 Å². The van der Waals surface area contributed by atoms with Crippen molar-refractivity contribution in [1.82, 2.24) is 24.1 Å². The van der Waals surface area contributed by atoms with Gasteiger partial charge in [0.05, 0.1) is 21.6 Å². The SMILES string of the molecule is CCC(C)n1c(=O)c2c(-c3noc(C4(OC)CCCC4)n3)ncn2c2ccc(Cl)c(C#N)c21. The maximum Gasteiger partial charge on any atom is 0.278 e. The van der Waals surface area contributed by atoms with Crippen LogP contribution in [0, 0.1) is 11.3 Å². The minimum absolute atomic E-state index is 0.172. The summed E-state index contributed by atoms with van der Waals surface area (Å²) in [5, 5.41) is 14.2. The van der Waals surface area contributed by atoms with E-state index in [-0.39, 0.29) is 23.0 Å². The number of benzene rings is 1. The molecule has 1 fully saturated rings. The zero-order valence-corrected chi connectivity index (χ0v) is 19.4. The van der Waals surface area contributed by atoms with Crippen molar-refractivity contribution in [3.63, 3.8) is 0 Å². The van der Waals surface area contributed by atoms with Crippen LogP contribution in [0.4, 0.5) is 0 Å². The van der Waals surface area contributed by atoms with Crippen molar-refractivity contribution < 1.29 is 9.26 Å². The van der Waals surface area contributed by atoms with Gasteiger partial charge in [-0.3, -0.25) is 9.20 Å². The van der Waals surface area contributed by atoms with E-state index < -0.39 is 5.60 Å². The Labute approximate surface area is 194 Å².